The van der Waals surface area contributed by atoms with E-state index in [2.05, 4.69) is 32.4 Å². The Hall–Kier alpha value is -2.33. The number of nitrogens with one attached hydrogen (secondary N) is 3. The lowest BCUT2D eigenvalue weighted by atomic mass is 9.87. The average Bonchev–Trinajstić information content (AvgIpc) is 2.90. The van der Waals surface area contributed by atoms with Gasteiger partial charge >= 0.3 is 0 Å². The summed E-state index contributed by atoms with van der Waals surface area (Å²) in [5.74, 6) is 2.30. The monoisotopic (exact) mass is 578 g/mol. The zero-order valence-electron chi connectivity index (χ0n) is 22.9. The third-order valence-corrected chi connectivity index (χ3v) is 8.07. The second kappa shape index (κ2) is 15.5. The molecule has 1 saturated carbocycles. The van der Waals surface area contributed by atoms with Gasteiger partial charge in [0.05, 0.1) is 12.8 Å². The van der Waals surface area contributed by atoms with E-state index in [0.717, 1.165) is 63.4 Å². The molecule has 2 aliphatic rings. The molecule has 0 atom stereocenters. The predicted octanol–water partition coefficient (Wildman–Crippen LogP) is 4.91. The van der Waals surface area contributed by atoms with Crippen LogP contribution in [0.2, 0.25) is 0 Å². The summed E-state index contributed by atoms with van der Waals surface area (Å²) in [6, 6.07) is 15.3. The van der Waals surface area contributed by atoms with Crippen LogP contribution in [-0.4, -0.2) is 57.7 Å². The van der Waals surface area contributed by atoms with Crippen molar-refractivity contribution in [3.05, 3.63) is 54.1 Å². The van der Waals surface area contributed by atoms with Crippen LogP contribution in [0.15, 0.2) is 48.5 Å². The van der Waals surface area contributed by atoms with Crippen LogP contribution in [0.25, 0.3) is 0 Å². The summed E-state index contributed by atoms with van der Waals surface area (Å²) in [6.45, 7) is 4.12. The molecule has 2 fully saturated rings. The van der Waals surface area contributed by atoms with Gasteiger partial charge in [-0.3, -0.25) is 14.4 Å². The zero-order chi connectivity index (χ0) is 26.8. The van der Waals surface area contributed by atoms with Gasteiger partial charge in [0.1, 0.15) is 11.5 Å². The van der Waals surface area contributed by atoms with Crippen LogP contribution in [0.4, 0.5) is 5.69 Å². The van der Waals surface area contributed by atoms with E-state index in [1.54, 1.807) is 24.3 Å². The average molecular weight is 579 g/mol. The Labute approximate surface area is 239 Å². The topological polar surface area (TPSA) is 99.8 Å². The third kappa shape index (κ3) is 11.4. The molecule has 1 saturated heterocycles. The highest BCUT2D eigenvalue weighted by Gasteiger charge is 2.20. The number of carbonyl (C=O) groups excluding carboxylic acids is 1. The van der Waals surface area contributed by atoms with Gasteiger partial charge in [0, 0.05) is 24.8 Å². The molecule has 8 nitrogen and oxygen atoms in total. The molecular weight excluding hydrogens is 536 g/mol. The van der Waals surface area contributed by atoms with Crippen LogP contribution < -0.4 is 20.1 Å². The predicted molar refractivity (Wildman–Crippen MR) is 159 cm³/mol. The Balaban J connectivity index is 0.00000420. The molecule has 4 rings (SSSR count). The Morgan fingerprint density at radius 2 is 1.54 bits per heavy atom. The Bertz CT molecular complexity index is 1110. The number of carbonyl (C=O) groups is 1. The van der Waals surface area contributed by atoms with Crippen molar-refractivity contribution in [2.45, 2.75) is 64.0 Å². The van der Waals surface area contributed by atoms with Crippen molar-refractivity contribution in [1.29, 1.82) is 0 Å². The van der Waals surface area contributed by atoms with E-state index in [-0.39, 0.29) is 18.3 Å². The molecule has 0 aromatic heterocycles. The number of benzene rings is 2. The molecule has 0 unspecified atom stereocenters. The van der Waals surface area contributed by atoms with Crippen LogP contribution in [0.1, 0.15) is 56.9 Å². The Morgan fingerprint density at radius 3 is 2.15 bits per heavy atom. The Kier molecular flexibility index (Phi) is 12.4. The normalized spacial score (nSPS) is 17.3. The molecular formula is C29H43ClN4O4S. The number of hydrogen-bond acceptors (Lipinski definition) is 6. The van der Waals surface area contributed by atoms with Crippen molar-refractivity contribution >= 4 is 34.0 Å². The van der Waals surface area contributed by atoms with Crippen LogP contribution in [0, 0.1) is 5.92 Å². The van der Waals surface area contributed by atoms with Gasteiger partial charge in [-0.25, -0.2) is 8.42 Å². The first-order valence-corrected chi connectivity index (χ1v) is 15.8. The first kappa shape index (κ1) is 31.2. The molecule has 2 aromatic carbocycles. The fourth-order valence-corrected chi connectivity index (χ4v) is 5.91. The minimum Gasteiger partial charge on any atom is -0.457 e. The van der Waals surface area contributed by atoms with Gasteiger partial charge in [0.25, 0.3) is 0 Å². The second-order valence-corrected chi connectivity index (χ2v) is 12.5. The standard InChI is InChI=1S/C29H42N4O4S.ClH/c1-38(35,36)32-26-9-13-28(14-10-26)37-27-11-7-24(8-12-27)22-33-19-16-25(17-20-33)31-21-29(34)30-18-15-23-5-3-2-4-6-23;/h7-14,23,25,31-32H,2-6,15-22H2,1H3,(H,30,34);1H. The van der Waals surface area contributed by atoms with E-state index in [9.17, 15) is 13.2 Å². The van der Waals surface area contributed by atoms with Crippen LogP contribution >= 0.6 is 12.4 Å². The smallest absolute Gasteiger partial charge is 0.233 e. The van der Waals surface area contributed by atoms with Crippen LogP contribution in [0.3, 0.4) is 0 Å². The number of piperidine rings is 1. The van der Waals surface area contributed by atoms with E-state index in [0.29, 0.717) is 24.0 Å². The van der Waals surface area contributed by atoms with E-state index in [4.69, 9.17) is 4.74 Å². The van der Waals surface area contributed by atoms with Gasteiger partial charge in [0.15, 0.2) is 0 Å². The van der Waals surface area contributed by atoms with Crippen molar-refractivity contribution in [1.82, 2.24) is 15.5 Å². The van der Waals surface area contributed by atoms with Gasteiger partial charge in [-0.05, 0) is 80.2 Å². The second-order valence-electron chi connectivity index (χ2n) is 10.7. The van der Waals surface area contributed by atoms with Crippen molar-refractivity contribution in [3.63, 3.8) is 0 Å². The van der Waals surface area contributed by atoms with Crippen molar-refractivity contribution in [2.75, 3.05) is 37.2 Å². The van der Waals surface area contributed by atoms with E-state index in [1.807, 2.05) is 12.1 Å². The van der Waals surface area contributed by atoms with Gasteiger partial charge in [-0.1, -0.05) is 44.2 Å². The molecule has 216 valence electrons. The summed E-state index contributed by atoms with van der Waals surface area (Å²) in [4.78, 5) is 14.7. The summed E-state index contributed by atoms with van der Waals surface area (Å²) >= 11 is 0. The lowest BCUT2D eigenvalue weighted by Gasteiger charge is -2.32. The van der Waals surface area contributed by atoms with Crippen LogP contribution in [-0.2, 0) is 21.4 Å². The lowest BCUT2D eigenvalue weighted by Crippen LogP contribution is -2.45. The molecule has 39 heavy (non-hydrogen) atoms. The number of hydrogen-bond donors (Lipinski definition) is 3. The maximum absolute atomic E-state index is 12.2. The molecule has 10 heteroatoms. The molecule has 3 N–H and O–H groups in total. The first-order chi connectivity index (χ1) is 18.3. The molecule has 0 radical (unpaired) electrons. The number of amides is 1. The highest BCUT2D eigenvalue weighted by molar-refractivity contribution is 7.92. The van der Waals surface area contributed by atoms with Gasteiger partial charge in [0.2, 0.25) is 15.9 Å². The Morgan fingerprint density at radius 1 is 0.923 bits per heavy atom. The number of rotatable bonds is 12. The van der Waals surface area contributed by atoms with Gasteiger partial charge in [-0.15, -0.1) is 12.4 Å². The summed E-state index contributed by atoms with van der Waals surface area (Å²) in [7, 11) is -3.30. The number of halogens is 1. The molecule has 1 amide bonds. The van der Waals surface area contributed by atoms with E-state index < -0.39 is 10.0 Å². The SMILES string of the molecule is CS(=O)(=O)Nc1ccc(Oc2ccc(CN3CCC(NCC(=O)NCCC4CCCCC4)CC3)cc2)cc1.Cl. The number of likely N-dealkylation sites (tertiary alicyclic amines) is 1. The molecule has 0 spiro atoms. The van der Waals surface area contributed by atoms with Gasteiger partial charge < -0.3 is 15.4 Å². The largest absolute Gasteiger partial charge is 0.457 e. The highest BCUT2D eigenvalue weighted by atomic mass is 35.5. The van der Waals surface area contributed by atoms with Crippen molar-refractivity contribution < 1.29 is 17.9 Å². The molecule has 0 bridgehead atoms. The van der Waals surface area contributed by atoms with E-state index in [1.165, 1.54) is 37.7 Å². The number of anilines is 1. The summed E-state index contributed by atoms with van der Waals surface area (Å²) in [6.07, 6.45) is 11.1. The highest BCUT2D eigenvalue weighted by Crippen LogP contribution is 2.26. The minimum absolute atomic E-state index is 0. The number of ether oxygens (including phenoxy) is 1. The summed E-state index contributed by atoms with van der Waals surface area (Å²) < 4.78 is 31.0. The third-order valence-electron chi connectivity index (χ3n) is 7.46. The molecule has 1 aliphatic carbocycles. The van der Waals surface area contributed by atoms with Gasteiger partial charge in [-0.2, -0.15) is 0 Å². The maximum Gasteiger partial charge on any atom is 0.233 e. The minimum atomic E-state index is -3.30. The fourth-order valence-electron chi connectivity index (χ4n) is 5.35. The number of sulfonamides is 1. The summed E-state index contributed by atoms with van der Waals surface area (Å²) in [5.41, 5.74) is 1.73. The maximum atomic E-state index is 12.2. The molecule has 1 heterocycles. The molecule has 2 aromatic rings. The first-order valence-electron chi connectivity index (χ1n) is 13.9. The van der Waals surface area contributed by atoms with Crippen molar-refractivity contribution in [3.8, 4) is 11.5 Å². The molecule has 1 aliphatic heterocycles. The van der Waals surface area contributed by atoms with E-state index >= 15 is 0 Å². The van der Waals surface area contributed by atoms with Crippen LogP contribution in [0.5, 0.6) is 11.5 Å². The quantitative estimate of drug-likeness (QED) is 0.331. The zero-order valence-corrected chi connectivity index (χ0v) is 24.5. The summed E-state index contributed by atoms with van der Waals surface area (Å²) in [5, 5.41) is 6.54. The fraction of sp³-hybridized carbons (Fsp3) is 0.552. The lowest BCUT2D eigenvalue weighted by molar-refractivity contribution is -0.120. The number of nitrogens with zero attached hydrogens (tertiary/aromatic N) is 1. The van der Waals surface area contributed by atoms with Crippen molar-refractivity contribution in [2.24, 2.45) is 5.92 Å².